The molecule has 1 aromatic carbocycles. The molecule has 0 radical (unpaired) electrons. The van der Waals surface area contributed by atoms with Crippen molar-refractivity contribution in [2.24, 2.45) is 0 Å². The third kappa shape index (κ3) is 3.43. The minimum Gasteiger partial charge on any atom is -0.399 e. The topological polar surface area (TPSA) is 87.2 Å². The van der Waals surface area contributed by atoms with E-state index in [4.69, 9.17) is 11.0 Å². The van der Waals surface area contributed by atoms with Crippen molar-refractivity contribution < 1.29 is 12.8 Å². The van der Waals surface area contributed by atoms with E-state index in [9.17, 15) is 12.8 Å². The predicted molar refractivity (Wildman–Crippen MR) is 73.2 cm³/mol. The zero-order valence-corrected chi connectivity index (χ0v) is 12.6. The fourth-order valence-corrected chi connectivity index (χ4v) is 3.71. The van der Waals surface area contributed by atoms with Crippen molar-refractivity contribution in [1.29, 1.82) is 5.26 Å². The molecule has 0 saturated carbocycles. The molecule has 2 N–H and O–H groups in total. The number of rotatable bonds is 5. The predicted octanol–water partition coefficient (Wildman–Crippen LogP) is 2.09. The van der Waals surface area contributed by atoms with Crippen LogP contribution >= 0.6 is 15.9 Å². The van der Waals surface area contributed by atoms with Gasteiger partial charge in [-0.1, -0.05) is 6.92 Å². The van der Waals surface area contributed by atoms with E-state index in [1.807, 2.05) is 6.07 Å². The molecule has 0 unspecified atom stereocenters. The molecule has 0 aliphatic heterocycles. The highest BCUT2D eigenvalue weighted by Gasteiger charge is 2.27. The van der Waals surface area contributed by atoms with Crippen LogP contribution < -0.4 is 5.73 Å². The van der Waals surface area contributed by atoms with E-state index in [2.05, 4.69) is 15.9 Å². The molecule has 0 heterocycles. The number of hydrogen-bond donors (Lipinski definition) is 1. The van der Waals surface area contributed by atoms with E-state index in [0.29, 0.717) is 0 Å². The molecule has 0 saturated heterocycles. The number of nitrogen functional groups attached to an aromatic ring is 1. The van der Waals surface area contributed by atoms with Gasteiger partial charge in [0.25, 0.3) is 0 Å². The Kier molecular flexibility index (Phi) is 5.29. The fraction of sp³-hybridized carbons (Fsp3) is 0.364. The number of hydrogen-bond acceptors (Lipinski definition) is 4. The molecule has 8 heteroatoms. The van der Waals surface area contributed by atoms with Crippen LogP contribution in [0.4, 0.5) is 10.1 Å². The number of anilines is 1. The molecule has 0 fully saturated rings. The summed E-state index contributed by atoms with van der Waals surface area (Å²) in [6, 6.07) is 4.23. The maximum Gasteiger partial charge on any atom is 0.246 e. The first-order valence-electron chi connectivity index (χ1n) is 5.46. The van der Waals surface area contributed by atoms with Crippen LogP contribution in [0, 0.1) is 17.1 Å². The summed E-state index contributed by atoms with van der Waals surface area (Å²) in [5.74, 6) is -0.885. The SMILES string of the molecule is CCN(CCC#N)S(=O)(=O)c1cc(N)cc(Br)c1F. The summed E-state index contributed by atoms with van der Waals surface area (Å²) in [7, 11) is -4.00. The highest BCUT2D eigenvalue weighted by atomic mass is 79.9. The maximum atomic E-state index is 13.9. The number of halogens is 2. The van der Waals surface area contributed by atoms with E-state index in [1.54, 1.807) is 6.92 Å². The van der Waals surface area contributed by atoms with Gasteiger partial charge in [0, 0.05) is 25.2 Å². The van der Waals surface area contributed by atoms with Gasteiger partial charge in [-0.3, -0.25) is 0 Å². The minimum absolute atomic E-state index is 0.0117. The lowest BCUT2D eigenvalue weighted by molar-refractivity contribution is 0.430. The Bertz CT molecular complexity index is 613. The van der Waals surface area contributed by atoms with Crippen LogP contribution in [0.5, 0.6) is 0 Å². The molecule has 104 valence electrons. The smallest absolute Gasteiger partial charge is 0.246 e. The number of nitrogens with zero attached hydrogens (tertiary/aromatic N) is 2. The molecule has 5 nitrogen and oxygen atoms in total. The second-order valence-corrected chi connectivity index (χ2v) is 6.48. The zero-order valence-electron chi connectivity index (χ0n) is 10.2. The summed E-state index contributed by atoms with van der Waals surface area (Å²) in [6.07, 6.45) is 0.0399. The van der Waals surface area contributed by atoms with Crippen LogP contribution in [0.3, 0.4) is 0 Å². The van der Waals surface area contributed by atoms with Crippen molar-refractivity contribution in [3.05, 3.63) is 22.4 Å². The summed E-state index contributed by atoms with van der Waals surface area (Å²) >= 11 is 2.92. The van der Waals surface area contributed by atoms with Gasteiger partial charge in [0.2, 0.25) is 10.0 Å². The van der Waals surface area contributed by atoms with Crippen LogP contribution in [-0.4, -0.2) is 25.8 Å². The second kappa shape index (κ2) is 6.32. The van der Waals surface area contributed by atoms with Gasteiger partial charge < -0.3 is 5.73 Å². The third-order valence-corrected chi connectivity index (χ3v) is 5.01. The van der Waals surface area contributed by atoms with Gasteiger partial charge in [0.05, 0.1) is 10.5 Å². The summed E-state index contributed by atoms with van der Waals surface area (Å²) in [6.45, 7) is 1.78. The quantitative estimate of drug-likeness (QED) is 0.824. The fourth-order valence-electron chi connectivity index (χ4n) is 1.53. The third-order valence-electron chi connectivity index (χ3n) is 2.46. The molecular weight excluding hydrogens is 337 g/mol. The molecule has 1 rings (SSSR count). The van der Waals surface area contributed by atoms with E-state index in [-0.39, 0.29) is 29.7 Å². The average Bonchev–Trinajstić information content (AvgIpc) is 2.34. The molecule has 0 spiro atoms. The second-order valence-electron chi connectivity index (χ2n) is 3.72. The Morgan fingerprint density at radius 1 is 1.53 bits per heavy atom. The van der Waals surface area contributed by atoms with E-state index in [0.717, 1.165) is 10.4 Å². The Morgan fingerprint density at radius 2 is 2.16 bits per heavy atom. The highest BCUT2D eigenvalue weighted by molar-refractivity contribution is 9.10. The number of nitriles is 1. The van der Waals surface area contributed by atoms with Crippen molar-refractivity contribution in [2.45, 2.75) is 18.2 Å². The zero-order chi connectivity index (χ0) is 14.6. The van der Waals surface area contributed by atoms with Gasteiger partial charge in [0.1, 0.15) is 4.90 Å². The molecule has 0 aliphatic carbocycles. The van der Waals surface area contributed by atoms with Crippen LogP contribution in [0.1, 0.15) is 13.3 Å². The van der Waals surface area contributed by atoms with Gasteiger partial charge in [0.15, 0.2) is 5.82 Å². The lowest BCUT2D eigenvalue weighted by atomic mass is 10.3. The first kappa shape index (κ1) is 15.9. The molecule has 0 aromatic heterocycles. The normalized spacial score (nSPS) is 11.5. The first-order chi connectivity index (χ1) is 8.84. The standard InChI is InChI=1S/C11H13BrFN3O2S/c1-2-16(5-3-4-14)19(17,18)10-7-8(15)6-9(12)11(10)13/h6-7H,2-3,5,15H2,1H3. The number of sulfonamides is 1. The highest BCUT2D eigenvalue weighted by Crippen LogP contribution is 2.28. The van der Waals surface area contributed by atoms with Crippen LogP contribution in [0.2, 0.25) is 0 Å². The van der Waals surface area contributed by atoms with E-state index < -0.39 is 20.7 Å². The van der Waals surface area contributed by atoms with Crippen molar-refractivity contribution in [3.63, 3.8) is 0 Å². The van der Waals surface area contributed by atoms with Crippen molar-refractivity contribution in [2.75, 3.05) is 18.8 Å². The summed E-state index contributed by atoms with van der Waals surface area (Å²) in [5.41, 5.74) is 5.68. The summed E-state index contributed by atoms with van der Waals surface area (Å²) < 4.78 is 39.5. The first-order valence-corrected chi connectivity index (χ1v) is 7.69. The molecule has 19 heavy (non-hydrogen) atoms. The maximum absolute atomic E-state index is 13.9. The summed E-state index contributed by atoms with van der Waals surface area (Å²) in [4.78, 5) is -0.487. The van der Waals surface area contributed by atoms with E-state index in [1.165, 1.54) is 6.07 Å². The molecule has 0 amide bonds. The van der Waals surface area contributed by atoms with Crippen LogP contribution in [0.15, 0.2) is 21.5 Å². The molecule has 1 aromatic rings. The van der Waals surface area contributed by atoms with Gasteiger partial charge in [-0.25, -0.2) is 12.8 Å². The Balaban J connectivity index is 3.30. The number of benzene rings is 1. The van der Waals surface area contributed by atoms with Crippen molar-refractivity contribution in [3.8, 4) is 6.07 Å². The van der Waals surface area contributed by atoms with E-state index >= 15 is 0 Å². The average molecular weight is 350 g/mol. The van der Waals surface area contributed by atoms with Gasteiger partial charge in [-0.2, -0.15) is 9.57 Å². The molecule has 0 aliphatic rings. The molecular formula is C11H13BrFN3O2S. The number of nitrogens with two attached hydrogens (primary N) is 1. The minimum atomic E-state index is -4.00. The lowest BCUT2D eigenvalue weighted by Crippen LogP contribution is -2.32. The lowest BCUT2D eigenvalue weighted by Gasteiger charge is -2.20. The van der Waals surface area contributed by atoms with Gasteiger partial charge >= 0.3 is 0 Å². The Hall–Kier alpha value is -1.17. The van der Waals surface area contributed by atoms with Crippen LogP contribution in [-0.2, 0) is 10.0 Å². The van der Waals surface area contributed by atoms with Gasteiger partial charge in [-0.05, 0) is 28.1 Å². The molecule has 0 atom stereocenters. The monoisotopic (exact) mass is 349 g/mol. The largest absolute Gasteiger partial charge is 0.399 e. The summed E-state index contributed by atoms with van der Waals surface area (Å²) in [5, 5.41) is 8.52. The Labute approximate surface area is 120 Å². The Morgan fingerprint density at radius 3 is 2.68 bits per heavy atom. The van der Waals surface area contributed by atoms with Crippen molar-refractivity contribution >= 4 is 31.6 Å². The van der Waals surface area contributed by atoms with Crippen molar-refractivity contribution in [1.82, 2.24) is 4.31 Å². The molecule has 0 bridgehead atoms. The van der Waals surface area contributed by atoms with Gasteiger partial charge in [-0.15, -0.1) is 0 Å². The van der Waals surface area contributed by atoms with Crippen LogP contribution in [0.25, 0.3) is 0 Å².